The monoisotopic (exact) mass is 314 g/mol. The average molecular weight is 314 g/mol. The third-order valence-corrected chi connectivity index (χ3v) is 3.17. The molecule has 0 fully saturated rings. The standard InChI is InChI=1S/C17H15FN2O3/c1-20-9-13-6-14(12-4-2-3-11(5-12)8-19)16(7-15(13)18)23-10-17(21)22/h2-7,20H,9-10H2,1H3,(H,21,22). The van der Waals surface area contributed by atoms with Crippen molar-refractivity contribution in [1.82, 2.24) is 5.32 Å². The Morgan fingerprint density at radius 2 is 2.17 bits per heavy atom. The van der Waals surface area contributed by atoms with Gasteiger partial charge in [-0.25, -0.2) is 9.18 Å². The first-order valence-electron chi connectivity index (χ1n) is 6.87. The maximum atomic E-state index is 14.1. The van der Waals surface area contributed by atoms with Gasteiger partial charge in [-0.2, -0.15) is 5.26 Å². The van der Waals surface area contributed by atoms with Gasteiger partial charge in [0, 0.05) is 23.7 Å². The molecular formula is C17H15FN2O3. The Morgan fingerprint density at radius 3 is 2.83 bits per heavy atom. The van der Waals surface area contributed by atoms with Crippen LogP contribution in [0, 0.1) is 17.1 Å². The number of hydrogen-bond donors (Lipinski definition) is 2. The van der Waals surface area contributed by atoms with Crippen LogP contribution in [0.4, 0.5) is 4.39 Å². The normalized spacial score (nSPS) is 10.1. The molecule has 2 aromatic carbocycles. The first kappa shape index (κ1) is 16.5. The Bertz CT molecular complexity index is 769. The van der Waals surface area contributed by atoms with E-state index in [0.717, 1.165) is 0 Å². The second-order valence-corrected chi connectivity index (χ2v) is 4.85. The van der Waals surface area contributed by atoms with Crippen LogP contribution in [-0.4, -0.2) is 24.7 Å². The molecule has 0 unspecified atom stereocenters. The summed E-state index contributed by atoms with van der Waals surface area (Å²) in [6.45, 7) is -0.258. The minimum Gasteiger partial charge on any atom is -0.481 e. The lowest BCUT2D eigenvalue weighted by atomic mass is 9.99. The SMILES string of the molecule is CNCc1cc(-c2cccc(C#N)c2)c(OCC(=O)O)cc1F. The topological polar surface area (TPSA) is 82.3 Å². The molecule has 0 saturated heterocycles. The van der Waals surface area contributed by atoms with E-state index >= 15 is 0 Å². The van der Waals surface area contributed by atoms with Gasteiger partial charge in [0.15, 0.2) is 6.61 Å². The van der Waals surface area contributed by atoms with Crippen molar-refractivity contribution >= 4 is 5.97 Å². The van der Waals surface area contributed by atoms with Gasteiger partial charge in [-0.3, -0.25) is 0 Å². The van der Waals surface area contributed by atoms with Crippen LogP contribution in [0.25, 0.3) is 11.1 Å². The number of benzene rings is 2. The van der Waals surface area contributed by atoms with Crippen LogP contribution < -0.4 is 10.1 Å². The molecule has 0 aliphatic rings. The number of ether oxygens (including phenoxy) is 1. The number of aliphatic carboxylic acids is 1. The van der Waals surface area contributed by atoms with Crippen LogP contribution in [0.5, 0.6) is 5.75 Å². The van der Waals surface area contributed by atoms with Crippen LogP contribution in [-0.2, 0) is 11.3 Å². The number of rotatable bonds is 6. The second-order valence-electron chi connectivity index (χ2n) is 4.85. The fourth-order valence-corrected chi connectivity index (χ4v) is 2.17. The molecule has 2 N–H and O–H groups in total. The van der Waals surface area contributed by atoms with Gasteiger partial charge in [0.25, 0.3) is 0 Å². The highest BCUT2D eigenvalue weighted by molar-refractivity contribution is 5.74. The van der Waals surface area contributed by atoms with Crippen molar-refractivity contribution in [2.45, 2.75) is 6.54 Å². The summed E-state index contributed by atoms with van der Waals surface area (Å²) >= 11 is 0. The summed E-state index contributed by atoms with van der Waals surface area (Å²) in [5.41, 5.74) is 2.07. The molecule has 118 valence electrons. The number of carboxylic acids is 1. The van der Waals surface area contributed by atoms with Gasteiger partial charge in [-0.1, -0.05) is 12.1 Å². The van der Waals surface area contributed by atoms with Crippen molar-refractivity contribution in [1.29, 1.82) is 5.26 Å². The zero-order valence-corrected chi connectivity index (χ0v) is 12.5. The predicted molar refractivity (Wildman–Crippen MR) is 82.4 cm³/mol. The smallest absolute Gasteiger partial charge is 0.341 e. The van der Waals surface area contributed by atoms with Gasteiger partial charge in [-0.15, -0.1) is 0 Å². The highest BCUT2D eigenvalue weighted by Crippen LogP contribution is 2.33. The van der Waals surface area contributed by atoms with E-state index in [4.69, 9.17) is 15.1 Å². The Kier molecular flexibility index (Phi) is 5.28. The van der Waals surface area contributed by atoms with Crippen molar-refractivity contribution in [3.8, 4) is 22.9 Å². The Hall–Kier alpha value is -2.91. The van der Waals surface area contributed by atoms with E-state index in [0.29, 0.717) is 28.8 Å². The number of nitrogens with one attached hydrogen (secondary N) is 1. The lowest BCUT2D eigenvalue weighted by Crippen LogP contribution is -2.12. The number of nitrogens with zero attached hydrogens (tertiary/aromatic N) is 1. The third-order valence-electron chi connectivity index (χ3n) is 3.17. The molecule has 5 nitrogen and oxygen atoms in total. The molecule has 0 saturated carbocycles. The van der Waals surface area contributed by atoms with E-state index in [9.17, 15) is 9.18 Å². The largest absolute Gasteiger partial charge is 0.481 e. The molecular weight excluding hydrogens is 299 g/mol. The molecule has 0 aliphatic carbocycles. The van der Waals surface area contributed by atoms with Gasteiger partial charge < -0.3 is 15.2 Å². The fraction of sp³-hybridized carbons (Fsp3) is 0.176. The summed E-state index contributed by atoms with van der Waals surface area (Å²) in [6, 6.07) is 11.6. The highest BCUT2D eigenvalue weighted by atomic mass is 19.1. The molecule has 0 aliphatic heterocycles. The van der Waals surface area contributed by atoms with Gasteiger partial charge in [0.1, 0.15) is 11.6 Å². The van der Waals surface area contributed by atoms with E-state index in [1.165, 1.54) is 6.07 Å². The molecule has 0 heterocycles. The molecule has 0 radical (unpaired) electrons. The van der Waals surface area contributed by atoms with Crippen LogP contribution in [0.3, 0.4) is 0 Å². The molecule has 23 heavy (non-hydrogen) atoms. The van der Waals surface area contributed by atoms with E-state index in [1.807, 2.05) is 6.07 Å². The lowest BCUT2D eigenvalue weighted by Gasteiger charge is -2.14. The van der Waals surface area contributed by atoms with Crippen LogP contribution in [0.15, 0.2) is 36.4 Å². The number of nitriles is 1. The number of halogens is 1. The van der Waals surface area contributed by atoms with Crippen LogP contribution in [0.1, 0.15) is 11.1 Å². The second kappa shape index (κ2) is 7.38. The van der Waals surface area contributed by atoms with Gasteiger partial charge in [-0.05, 0) is 30.8 Å². The maximum absolute atomic E-state index is 14.1. The van der Waals surface area contributed by atoms with Crippen molar-refractivity contribution in [2.75, 3.05) is 13.7 Å². The van der Waals surface area contributed by atoms with Crippen LogP contribution in [0.2, 0.25) is 0 Å². The van der Waals surface area contributed by atoms with Crippen LogP contribution >= 0.6 is 0 Å². The predicted octanol–water partition coefficient (Wildman–Crippen LogP) is 2.55. The highest BCUT2D eigenvalue weighted by Gasteiger charge is 2.14. The fourth-order valence-electron chi connectivity index (χ4n) is 2.17. The summed E-state index contributed by atoms with van der Waals surface area (Å²) in [5, 5.41) is 20.6. The van der Waals surface area contributed by atoms with E-state index in [-0.39, 0.29) is 5.75 Å². The molecule has 2 aromatic rings. The van der Waals surface area contributed by atoms with Gasteiger partial charge in [0.05, 0.1) is 11.6 Å². The first-order valence-corrected chi connectivity index (χ1v) is 6.87. The van der Waals surface area contributed by atoms with Gasteiger partial charge in [0.2, 0.25) is 0 Å². The summed E-state index contributed by atoms with van der Waals surface area (Å²) < 4.78 is 19.3. The van der Waals surface area contributed by atoms with Gasteiger partial charge >= 0.3 is 5.97 Å². The Morgan fingerprint density at radius 1 is 1.39 bits per heavy atom. The molecule has 2 rings (SSSR count). The summed E-state index contributed by atoms with van der Waals surface area (Å²) in [7, 11) is 1.70. The molecule has 0 spiro atoms. The van der Waals surface area contributed by atoms with E-state index in [1.54, 1.807) is 37.4 Å². The quantitative estimate of drug-likeness (QED) is 0.856. The van der Waals surface area contributed by atoms with E-state index < -0.39 is 18.4 Å². The molecule has 0 amide bonds. The number of carbonyl (C=O) groups is 1. The van der Waals surface area contributed by atoms with Crippen molar-refractivity contribution in [2.24, 2.45) is 0 Å². The summed E-state index contributed by atoms with van der Waals surface area (Å²) in [4.78, 5) is 10.7. The summed E-state index contributed by atoms with van der Waals surface area (Å²) in [5.74, 6) is -1.51. The first-order chi connectivity index (χ1) is 11.0. The minimum absolute atomic E-state index is 0.125. The zero-order chi connectivity index (χ0) is 16.8. The minimum atomic E-state index is -1.15. The van der Waals surface area contributed by atoms with Crippen molar-refractivity contribution < 1.29 is 19.0 Å². The Balaban J connectivity index is 2.54. The van der Waals surface area contributed by atoms with E-state index in [2.05, 4.69) is 5.32 Å². The average Bonchev–Trinajstić information content (AvgIpc) is 2.55. The zero-order valence-electron chi connectivity index (χ0n) is 12.5. The number of carboxylic acid groups (broad SMARTS) is 1. The molecule has 0 bridgehead atoms. The Labute approximate surface area is 132 Å². The maximum Gasteiger partial charge on any atom is 0.341 e. The van der Waals surface area contributed by atoms with Crippen molar-refractivity contribution in [3.63, 3.8) is 0 Å². The molecule has 0 atom stereocenters. The summed E-state index contributed by atoms with van der Waals surface area (Å²) in [6.07, 6.45) is 0. The molecule has 6 heteroatoms. The molecule has 0 aromatic heterocycles. The number of hydrogen-bond acceptors (Lipinski definition) is 4. The van der Waals surface area contributed by atoms with Crippen molar-refractivity contribution in [3.05, 3.63) is 53.3 Å². The third kappa shape index (κ3) is 4.05. The lowest BCUT2D eigenvalue weighted by molar-refractivity contribution is -0.139.